The van der Waals surface area contributed by atoms with Crippen LogP contribution in [0.3, 0.4) is 0 Å². The lowest BCUT2D eigenvalue weighted by molar-refractivity contribution is -0.179. The molecule has 1 aliphatic heterocycles. The zero-order valence-electron chi connectivity index (χ0n) is 11.1. The summed E-state index contributed by atoms with van der Waals surface area (Å²) in [5.41, 5.74) is 7.54. The molecule has 1 aromatic carbocycles. The summed E-state index contributed by atoms with van der Waals surface area (Å²) in [5.74, 6) is -1.18. The van der Waals surface area contributed by atoms with Crippen LogP contribution in [0.25, 0.3) is 0 Å². The van der Waals surface area contributed by atoms with Crippen molar-refractivity contribution in [2.75, 3.05) is 24.5 Å². The van der Waals surface area contributed by atoms with Crippen LogP contribution in [0.2, 0.25) is 5.02 Å². The number of hydrogen-bond donors (Lipinski definition) is 1. The highest BCUT2D eigenvalue weighted by atomic mass is 35.5. The number of halogens is 4. The van der Waals surface area contributed by atoms with Crippen LogP contribution in [-0.2, 0) is 6.42 Å². The topological polar surface area (TPSA) is 29.3 Å². The fourth-order valence-electron chi connectivity index (χ4n) is 2.65. The van der Waals surface area contributed by atoms with Gasteiger partial charge in [-0.15, -0.1) is 0 Å². The highest BCUT2D eigenvalue weighted by Gasteiger charge is 2.41. The molecule has 0 atom stereocenters. The SMILES string of the molecule is NCCc1ccc(Cl)cc1N1CCC(C(F)(F)F)CC1. The quantitative estimate of drug-likeness (QED) is 0.924. The maximum absolute atomic E-state index is 12.7. The average Bonchev–Trinajstić information content (AvgIpc) is 2.40. The van der Waals surface area contributed by atoms with Gasteiger partial charge >= 0.3 is 6.18 Å². The summed E-state index contributed by atoms with van der Waals surface area (Å²) in [6, 6.07) is 5.51. The molecule has 1 fully saturated rings. The molecule has 0 spiro atoms. The number of anilines is 1. The van der Waals surface area contributed by atoms with Gasteiger partial charge in [0.2, 0.25) is 0 Å². The van der Waals surface area contributed by atoms with E-state index in [2.05, 4.69) is 0 Å². The van der Waals surface area contributed by atoms with Gasteiger partial charge in [-0.2, -0.15) is 13.2 Å². The predicted molar refractivity (Wildman–Crippen MR) is 75.2 cm³/mol. The van der Waals surface area contributed by atoms with E-state index in [-0.39, 0.29) is 12.8 Å². The second-order valence-corrected chi connectivity index (χ2v) is 5.55. The lowest BCUT2D eigenvalue weighted by Crippen LogP contribution is -2.39. The molecule has 0 amide bonds. The van der Waals surface area contributed by atoms with Crippen LogP contribution in [0.4, 0.5) is 18.9 Å². The number of piperidine rings is 1. The van der Waals surface area contributed by atoms with Crippen LogP contribution < -0.4 is 10.6 Å². The van der Waals surface area contributed by atoms with Crippen molar-refractivity contribution in [3.63, 3.8) is 0 Å². The molecule has 2 nitrogen and oxygen atoms in total. The second-order valence-electron chi connectivity index (χ2n) is 5.11. The molecule has 2 rings (SSSR count). The highest BCUT2D eigenvalue weighted by molar-refractivity contribution is 6.30. The first-order chi connectivity index (χ1) is 9.41. The monoisotopic (exact) mass is 306 g/mol. The van der Waals surface area contributed by atoms with Crippen molar-refractivity contribution in [2.24, 2.45) is 11.7 Å². The minimum Gasteiger partial charge on any atom is -0.371 e. The molecule has 0 radical (unpaired) electrons. The van der Waals surface area contributed by atoms with Gasteiger partial charge in [-0.3, -0.25) is 0 Å². The van der Waals surface area contributed by atoms with Crippen LogP contribution >= 0.6 is 11.6 Å². The van der Waals surface area contributed by atoms with E-state index in [0.717, 1.165) is 11.3 Å². The molecule has 6 heteroatoms. The van der Waals surface area contributed by atoms with Crippen LogP contribution in [0.15, 0.2) is 18.2 Å². The summed E-state index contributed by atoms with van der Waals surface area (Å²) in [7, 11) is 0. The van der Waals surface area contributed by atoms with E-state index >= 15 is 0 Å². The Labute approximate surface area is 121 Å². The molecule has 1 heterocycles. The molecular formula is C14H18ClF3N2. The first kappa shape index (κ1) is 15.4. The van der Waals surface area contributed by atoms with Crippen molar-refractivity contribution >= 4 is 17.3 Å². The van der Waals surface area contributed by atoms with E-state index in [9.17, 15) is 13.2 Å². The number of rotatable bonds is 3. The Morgan fingerprint density at radius 3 is 2.45 bits per heavy atom. The Kier molecular flexibility index (Phi) is 4.81. The van der Waals surface area contributed by atoms with Gasteiger partial charge in [-0.05, 0) is 43.5 Å². The molecule has 1 aliphatic rings. The van der Waals surface area contributed by atoms with E-state index in [1.165, 1.54) is 0 Å². The third-order valence-electron chi connectivity index (χ3n) is 3.76. The lowest BCUT2D eigenvalue weighted by Gasteiger charge is -2.35. The Morgan fingerprint density at radius 1 is 1.25 bits per heavy atom. The van der Waals surface area contributed by atoms with Gasteiger partial charge in [-0.25, -0.2) is 0 Å². The molecule has 1 aromatic rings. The molecule has 0 aliphatic carbocycles. The summed E-state index contributed by atoms with van der Waals surface area (Å²) >= 11 is 6.00. The molecular weight excluding hydrogens is 289 g/mol. The summed E-state index contributed by atoms with van der Waals surface area (Å²) in [6.07, 6.45) is -3.11. The Hall–Kier alpha value is -0.940. The fourth-order valence-corrected chi connectivity index (χ4v) is 2.81. The molecule has 20 heavy (non-hydrogen) atoms. The standard InChI is InChI=1S/C14H18ClF3N2/c15-12-2-1-10(3-6-19)13(9-12)20-7-4-11(5-8-20)14(16,17)18/h1-2,9,11H,3-8,19H2. The molecule has 0 saturated carbocycles. The molecule has 2 N–H and O–H groups in total. The summed E-state index contributed by atoms with van der Waals surface area (Å²) in [5, 5.41) is 0.596. The van der Waals surface area contributed by atoms with Crippen molar-refractivity contribution in [3.05, 3.63) is 28.8 Å². The fraction of sp³-hybridized carbons (Fsp3) is 0.571. The van der Waals surface area contributed by atoms with Crippen LogP contribution in [0, 0.1) is 5.92 Å². The van der Waals surface area contributed by atoms with Crippen LogP contribution in [-0.4, -0.2) is 25.8 Å². The maximum Gasteiger partial charge on any atom is 0.391 e. The predicted octanol–water partition coefficient (Wildman–Crippen LogP) is 3.62. The third kappa shape index (κ3) is 3.58. The molecule has 112 valence electrons. The zero-order valence-corrected chi connectivity index (χ0v) is 11.8. The Bertz CT molecular complexity index is 454. The van der Waals surface area contributed by atoms with E-state index in [4.69, 9.17) is 17.3 Å². The molecule has 1 saturated heterocycles. The summed E-state index contributed by atoms with van der Waals surface area (Å²) in [4.78, 5) is 1.99. The first-order valence-electron chi connectivity index (χ1n) is 6.72. The van der Waals surface area contributed by atoms with E-state index in [0.29, 0.717) is 31.1 Å². The van der Waals surface area contributed by atoms with Crippen molar-refractivity contribution in [1.82, 2.24) is 0 Å². The number of hydrogen-bond acceptors (Lipinski definition) is 2. The van der Waals surface area contributed by atoms with Crippen molar-refractivity contribution in [1.29, 1.82) is 0 Å². The molecule has 0 aromatic heterocycles. The van der Waals surface area contributed by atoms with Gasteiger partial charge in [0.15, 0.2) is 0 Å². The average molecular weight is 307 g/mol. The van der Waals surface area contributed by atoms with Gasteiger partial charge in [0, 0.05) is 23.8 Å². The number of nitrogens with zero attached hydrogens (tertiary/aromatic N) is 1. The molecule has 0 bridgehead atoms. The summed E-state index contributed by atoms with van der Waals surface area (Å²) in [6.45, 7) is 1.32. The minimum absolute atomic E-state index is 0.137. The van der Waals surface area contributed by atoms with E-state index < -0.39 is 12.1 Å². The number of nitrogens with two attached hydrogens (primary N) is 1. The summed E-state index contributed by atoms with van der Waals surface area (Å²) < 4.78 is 38.0. The number of benzene rings is 1. The van der Waals surface area contributed by atoms with Gasteiger partial charge in [0.1, 0.15) is 0 Å². The Morgan fingerprint density at radius 2 is 1.90 bits per heavy atom. The van der Waals surface area contributed by atoms with Crippen molar-refractivity contribution in [3.8, 4) is 0 Å². The minimum atomic E-state index is -4.08. The van der Waals surface area contributed by atoms with Gasteiger partial charge in [0.25, 0.3) is 0 Å². The van der Waals surface area contributed by atoms with Gasteiger partial charge < -0.3 is 10.6 Å². The van der Waals surface area contributed by atoms with Gasteiger partial charge in [-0.1, -0.05) is 17.7 Å². The van der Waals surface area contributed by atoms with Crippen molar-refractivity contribution < 1.29 is 13.2 Å². The first-order valence-corrected chi connectivity index (χ1v) is 7.09. The Balaban J connectivity index is 2.12. The lowest BCUT2D eigenvalue weighted by atomic mass is 9.95. The smallest absolute Gasteiger partial charge is 0.371 e. The van der Waals surface area contributed by atoms with Crippen molar-refractivity contribution in [2.45, 2.75) is 25.4 Å². The van der Waals surface area contributed by atoms with E-state index in [1.54, 1.807) is 6.07 Å². The normalized spacial score (nSPS) is 17.6. The van der Waals surface area contributed by atoms with Crippen LogP contribution in [0.5, 0.6) is 0 Å². The maximum atomic E-state index is 12.7. The number of alkyl halides is 3. The molecule has 0 unspecified atom stereocenters. The largest absolute Gasteiger partial charge is 0.391 e. The highest BCUT2D eigenvalue weighted by Crippen LogP contribution is 2.36. The van der Waals surface area contributed by atoms with Crippen LogP contribution in [0.1, 0.15) is 18.4 Å². The zero-order chi connectivity index (χ0) is 14.8. The second kappa shape index (κ2) is 6.22. The third-order valence-corrected chi connectivity index (χ3v) is 3.99. The van der Waals surface area contributed by atoms with Gasteiger partial charge in [0.05, 0.1) is 5.92 Å². The van der Waals surface area contributed by atoms with E-state index in [1.807, 2.05) is 17.0 Å².